The average molecular weight is 242 g/mol. The summed E-state index contributed by atoms with van der Waals surface area (Å²) in [5.41, 5.74) is 1.53. The number of hydrogen-bond donors (Lipinski definition) is 0. The second-order valence-corrected chi connectivity index (χ2v) is 4.39. The van der Waals surface area contributed by atoms with Gasteiger partial charge in [0.25, 0.3) is 0 Å². The topological polar surface area (TPSA) is 23.8 Å². The van der Waals surface area contributed by atoms with E-state index in [1.165, 1.54) is 0 Å². The minimum absolute atomic E-state index is 0.419. The Balaban J connectivity index is 2.90. The average Bonchev–Trinajstić information content (AvgIpc) is 2.65. The van der Waals surface area contributed by atoms with Gasteiger partial charge in [0, 0.05) is 16.0 Å². The van der Waals surface area contributed by atoms with Gasteiger partial charge in [-0.3, -0.25) is 0 Å². The first-order valence-corrected chi connectivity index (χ1v) is 5.71. The summed E-state index contributed by atoms with van der Waals surface area (Å²) in [6.07, 6.45) is 0. The van der Waals surface area contributed by atoms with Crippen molar-refractivity contribution in [3.63, 3.8) is 0 Å². The van der Waals surface area contributed by atoms with Gasteiger partial charge in [-0.1, -0.05) is 11.6 Å². The molecule has 0 unspecified atom stereocenters. The molecule has 0 aliphatic heterocycles. The van der Waals surface area contributed by atoms with Gasteiger partial charge < -0.3 is 0 Å². The highest BCUT2D eigenvalue weighted by atomic mass is 35.5. The molecule has 14 heavy (non-hydrogen) atoms. The second kappa shape index (κ2) is 3.78. The Morgan fingerprint density at radius 1 is 1.50 bits per heavy atom. The van der Waals surface area contributed by atoms with Crippen molar-refractivity contribution in [2.24, 2.45) is 0 Å². The molecule has 0 radical (unpaired) electrons. The molecular formula is C10H5Cl2NS. The van der Waals surface area contributed by atoms with E-state index >= 15 is 0 Å². The molecule has 1 aromatic carbocycles. The molecule has 0 fully saturated rings. The van der Waals surface area contributed by atoms with Crippen molar-refractivity contribution < 1.29 is 0 Å². The van der Waals surface area contributed by atoms with Gasteiger partial charge >= 0.3 is 0 Å². The Morgan fingerprint density at radius 3 is 2.93 bits per heavy atom. The molecule has 0 spiro atoms. The summed E-state index contributed by atoms with van der Waals surface area (Å²) < 4.78 is 1.06. The van der Waals surface area contributed by atoms with Crippen LogP contribution < -0.4 is 0 Å². The highest BCUT2D eigenvalue weighted by Gasteiger charge is 2.10. The van der Waals surface area contributed by atoms with Crippen LogP contribution in [0, 0.1) is 11.3 Å². The third-order valence-electron chi connectivity index (χ3n) is 2.02. The SMILES string of the molecule is N#Cc1c(Cl)cc(CCl)c2sccc12. The summed E-state index contributed by atoms with van der Waals surface area (Å²) in [7, 11) is 0. The third-order valence-corrected chi connectivity index (χ3v) is 3.60. The zero-order valence-corrected chi connectivity index (χ0v) is 9.38. The van der Waals surface area contributed by atoms with Gasteiger partial charge in [-0.25, -0.2) is 0 Å². The lowest BCUT2D eigenvalue weighted by molar-refractivity contribution is 1.45. The van der Waals surface area contributed by atoms with Gasteiger partial charge in [0.05, 0.1) is 10.6 Å². The van der Waals surface area contributed by atoms with Crippen LogP contribution >= 0.6 is 34.5 Å². The summed E-state index contributed by atoms with van der Waals surface area (Å²) in [4.78, 5) is 0. The van der Waals surface area contributed by atoms with Gasteiger partial charge in [-0.05, 0) is 23.1 Å². The number of nitrogens with zero attached hydrogens (tertiary/aromatic N) is 1. The molecule has 4 heteroatoms. The largest absolute Gasteiger partial charge is 0.192 e. The summed E-state index contributed by atoms with van der Waals surface area (Å²) in [5, 5.41) is 12.3. The molecule has 1 heterocycles. The van der Waals surface area contributed by atoms with Crippen molar-refractivity contribution in [2.45, 2.75) is 5.88 Å². The number of halogens is 2. The van der Waals surface area contributed by atoms with Crippen molar-refractivity contribution in [3.8, 4) is 6.07 Å². The molecule has 0 aliphatic rings. The first kappa shape index (κ1) is 9.79. The van der Waals surface area contributed by atoms with Crippen LogP contribution in [-0.2, 0) is 5.88 Å². The number of hydrogen-bond acceptors (Lipinski definition) is 2. The Labute approximate surface area is 95.5 Å². The Hall–Kier alpha value is -0.750. The minimum Gasteiger partial charge on any atom is -0.192 e. The maximum Gasteiger partial charge on any atom is 0.101 e. The molecule has 0 atom stereocenters. The molecular weight excluding hydrogens is 237 g/mol. The Bertz CT molecular complexity index is 525. The molecule has 2 aromatic rings. The maximum absolute atomic E-state index is 8.94. The van der Waals surface area contributed by atoms with E-state index in [9.17, 15) is 0 Å². The first-order valence-electron chi connectivity index (χ1n) is 3.92. The molecule has 1 nitrogen and oxygen atoms in total. The van der Waals surface area contributed by atoms with Crippen molar-refractivity contribution in [1.82, 2.24) is 0 Å². The first-order chi connectivity index (χ1) is 6.77. The highest BCUT2D eigenvalue weighted by Crippen LogP contribution is 2.33. The highest BCUT2D eigenvalue weighted by molar-refractivity contribution is 7.17. The molecule has 0 aliphatic carbocycles. The standard InChI is InChI=1S/C10H5Cl2NS/c11-4-6-3-9(12)8(5-13)7-1-2-14-10(6)7/h1-3H,4H2. The zero-order chi connectivity index (χ0) is 10.1. The van der Waals surface area contributed by atoms with E-state index in [0.717, 1.165) is 15.6 Å². The molecule has 2 rings (SSSR count). The lowest BCUT2D eigenvalue weighted by atomic mass is 10.1. The number of rotatable bonds is 1. The Kier molecular flexibility index (Phi) is 2.64. The third kappa shape index (κ3) is 1.38. The van der Waals surface area contributed by atoms with Crippen LogP contribution in [0.4, 0.5) is 0 Å². The minimum atomic E-state index is 0.419. The van der Waals surface area contributed by atoms with E-state index in [1.54, 1.807) is 17.4 Å². The van der Waals surface area contributed by atoms with Crippen LogP contribution in [0.3, 0.4) is 0 Å². The quantitative estimate of drug-likeness (QED) is 0.688. The van der Waals surface area contributed by atoms with Crippen LogP contribution in [0.15, 0.2) is 17.5 Å². The van der Waals surface area contributed by atoms with Crippen molar-refractivity contribution in [3.05, 3.63) is 33.7 Å². The summed E-state index contributed by atoms with van der Waals surface area (Å²) in [6, 6.07) is 5.78. The van der Waals surface area contributed by atoms with Crippen LogP contribution in [0.5, 0.6) is 0 Å². The molecule has 1 aromatic heterocycles. The maximum atomic E-state index is 8.94. The number of nitriles is 1. The van der Waals surface area contributed by atoms with E-state index in [1.807, 2.05) is 11.4 Å². The van der Waals surface area contributed by atoms with Gasteiger partial charge in [-0.2, -0.15) is 5.26 Å². The van der Waals surface area contributed by atoms with Crippen molar-refractivity contribution >= 4 is 44.6 Å². The van der Waals surface area contributed by atoms with E-state index in [4.69, 9.17) is 28.5 Å². The normalized spacial score (nSPS) is 10.4. The monoisotopic (exact) mass is 241 g/mol. The fourth-order valence-electron chi connectivity index (χ4n) is 1.39. The van der Waals surface area contributed by atoms with Crippen LogP contribution in [0.25, 0.3) is 10.1 Å². The summed E-state index contributed by atoms with van der Waals surface area (Å²) >= 11 is 13.3. The second-order valence-electron chi connectivity index (χ2n) is 2.80. The predicted octanol–water partition coefficient (Wildman–Crippen LogP) is 4.17. The fourth-order valence-corrected chi connectivity index (χ4v) is 2.87. The molecule has 0 saturated heterocycles. The van der Waals surface area contributed by atoms with Crippen molar-refractivity contribution in [1.29, 1.82) is 5.26 Å². The van der Waals surface area contributed by atoms with Gasteiger partial charge in [0.15, 0.2) is 0 Å². The molecule has 0 bridgehead atoms. The molecule has 0 saturated carbocycles. The Morgan fingerprint density at radius 2 is 2.29 bits per heavy atom. The van der Waals surface area contributed by atoms with Gasteiger partial charge in [-0.15, -0.1) is 22.9 Å². The van der Waals surface area contributed by atoms with E-state index in [0.29, 0.717) is 16.5 Å². The molecule has 70 valence electrons. The van der Waals surface area contributed by atoms with Gasteiger partial charge in [0.1, 0.15) is 6.07 Å². The predicted molar refractivity (Wildman–Crippen MR) is 61.1 cm³/mol. The lowest BCUT2D eigenvalue weighted by Gasteiger charge is -2.02. The number of fused-ring (bicyclic) bond motifs is 1. The number of thiophene rings is 1. The van der Waals surface area contributed by atoms with E-state index in [2.05, 4.69) is 6.07 Å². The zero-order valence-electron chi connectivity index (χ0n) is 7.05. The summed E-state index contributed by atoms with van der Waals surface area (Å²) in [5.74, 6) is 0.419. The molecule has 0 N–H and O–H groups in total. The smallest absolute Gasteiger partial charge is 0.101 e. The van der Waals surface area contributed by atoms with E-state index in [-0.39, 0.29) is 0 Å². The van der Waals surface area contributed by atoms with Gasteiger partial charge in [0.2, 0.25) is 0 Å². The summed E-state index contributed by atoms with van der Waals surface area (Å²) in [6.45, 7) is 0. The van der Waals surface area contributed by atoms with Crippen LogP contribution in [-0.4, -0.2) is 0 Å². The lowest BCUT2D eigenvalue weighted by Crippen LogP contribution is -1.84. The van der Waals surface area contributed by atoms with E-state index < -0.39 is 0 Å². The fraction of sp³-hybridized carbons (Fsp3) is 0.100. The van der Waals surface area contributed by atoms with Crippen LogP contribution in [0.1, 0.15) is 11.1 Å². The number of alkyl halides is 1. The van der Waals surface area contributed by atoms with Crippen LogP contribution in [0.2, 0.25) is 5.02 Å². The van der Waals surface area contributed by atoms with Crippen molar-refractivity contribution in [2.75, 3.05) is 0 Å². The number of benzene rings is 1. The molecule has 0 amide bonds.